The number of carbonyl (C=O) groups excluding carboxylic acids is 1. The van der Waals surface area contributed by atoms with E-state index in [0.29, 0.717) is 6.54 Å². The van der Waals surface area contributed by atoms with Crippen LogP contribution in [0.2, 0.25) is 0 Å². The molecule has 0 spiro atoms. The number of rotatable bonds is 2. The SMILES string of the molecule is CC(C)(Br)CN(Br)C(=O)OC(C)(C)C. The molecule has 0 saturated carbocycles. The first-order valence-corrected chi connectivity index (χ1v) is 5.87. The molecule has 0 N–H and O–H groups in total. The van der Waals surface area contributed by atoms with Gasteiger partial charge in [-0.05, 0) is 34.6 Å². The summed E-state index contributed by atoms with van der Waals surface area (Å²) >= 11 is 6.61. The summed E-state index contributed by atoms with van der Waals surface area (Å²) in [7, 11) is 0. The van der Waals surface area contributed by atoms with Gasteiger partial charge in [-0.2, -0.15) is 0 Å². The highest BCUT2D eigenvalue weighted by molar-refractivity contribution is 9.10. The third-order valence-electron chi connectivity index (χ3n) is 1.11. The second-order valence-electron chi connectivity index (χ2n) is 4.72. The monoisotopic (exact) mass is 329 g/mol. The van der Waals surface area contributed by atoms with Crippen LogP contribution in [0.1, 0.15) is 34.6 Å². The van der Waals surface area contributed by atoms with E-state index in [4.69, 9.17) is 4.74 Å². The van der Waals surface area contributed by atoms with Crippen molar-refractivity contribution in [2.24, 2.45) is 0 Å². The summed E-state index contributed by atoms with van der Waals surface area (Å²) in [6.07, 6.45) is -0.370. The van der Waals surface area contributed by atoms with Crippen LogP contribution in [0.4, 0.5) is 4.79 Å². The van der Waals surface area contributed by atoms with Crippen molar-refractivity contribution < 1.29 is 9.53 Å². The van der Waals surface area contributed by atoms with Gasteiger partial charge in [-0.3, -0.25) is 0 Å². The summed E-state index contributed by atoms with van der Waals surface area (Å²) in [5, 5.41) is 0. The predicted octanol–water partition coefficient (Wildman–Crippen LogP) is 3.71. The Morgan fingerprint density at radius 2 is 1.71 bits per heavy atom. The highest BCUT2D eigenvalue weighted by Gasteiger charge is 2.25. The number of alkyl halides is 1. The zero-order chi connectivity index (χ0) is 11.6. The molecular weight excluding hydrogens is 314 g/mol. The van der Waals surface area contributed by atoms with Crippen LogP contribution in [0.25, 0.3) is 0 Å². The number of ether oxygens (including phenoxy) is 1. The highest BCUT2D eigenvalue weighted by Crippen LogP contribution is 2.21. The maximum atomic E-state index is 11.5. The fraction of sp³-hybridized carbons (Fsp3) is 0.889. The van der Waals surface area contributed by atoms with Crippen molar-refractivity contribution in [1.82, 2.24) is 3.93 Å². The van der Waals surface area contributed by atoms with E-state index in [-0.39, 0.29) is 10.4 Å². The zero-order valence-electron chi connectivity index (χ0n) is 9.23. The first kappa shape index (κ1) is 14.2. The Balaban J connectivity index is 4.15. The van der Waals surface area contributed by atoms with E-state index in [1.165, 1.54) is 3.93 Å². The molecule has 5 heteroatoms. The lowest BCUT2D eigenvalue weighted by molar-refractivity contribution is 0.0409. The van der Waals surface area contributed by atoms with E-state index in [1.807, 2.05) is 34.6 Å². The summed E-state index contributed by atoms with van der Waals surface area (Å²) in [5.41, 5.74) is -0.459. The largest absolute Gasteiger partial charge is 0.443 e. The molecule has 0 bridgehead atoms. The van der Waals surface area contributed by atoms with Crippen molar-refractivity contribution >= 4 is 38.2 Å². The summed E-state index contributed by atoms with van der Waals surface area (Å²) < 4.78 is 6.42. The van der Waals surface area contributed by atoms with Crippen LogP contribution in [0.15, 0.2) is 0 Å². The molecule has 0 rings (SSSR count). The number of hydrogen-bond acceptors (Lipinski definition) is 2. The lowest BCUT2D eigenvalue weighted by Crippen LogP contribution is -2.36. The molecule has 0 fully saturated rings. The lowest BCUT2D eigenvalue weighted by atomic mass is 10.2. The molecule has 0 saturated heterocycles. The van der Waals surface area contributed by atoms with Crippen LogP contribution in [-0.4, -0.2) is 26.5 Å². The third kappa shape index (κ3) is 7.62. The summed E-state index contributed by atoms with van der Waals surface area (Å²) in [6, 6.07) is 0. The minimum Gasteiger partial charge on any atom is -0.443 e. The molecule has 0 aromatic heterocycles. The number of hydrogen-bond donors (Lipinski definition) is 0. The van der Waals surface area contributed by atoms with Gasteiger partial charge in [-0.15, -0.1) is 0 Å². The molecular formula is C9H17Br2NO2. The minimum atomic E-state index is -0.459. The van der Waals surface area contributed by atoms with Gasteiger partial charge in [0.2, 0.25) is 0 Å². The molecule has 84 valence electrons. The number of nitrogens with zero attached hydrogens (tertiary/aromatic N) is 1. The molecule has 0 unspecified atom stereocenters. The molecule has 0 aliphatic rings. The van der Waals surface area contributed by atoms with Crippen molar-refractivity contribution in [3.05, 3.63) is 0 Å². The average Bonchev–Trinajstić information content (AvgIpc) is 1.78. The van der Waals surface area contributed by atoms with Crippen LogP contribution >= 0.6 is 32.1 Å². The summed E-state index contributed by atoms with van der Waals surface area (Å²) in [5.74, 6) is 0. The van der Waals surface area contributed by atoms with Gasteiger partial charge in [-0.1, -0.05) is 15.9 Å². The van der Waals surface area contributed by atoms with E-state index in [1.54, 1.807) is 0 Å². The van der Waals surface area contributed by atoms with Crippen LogP contribution in [0.5, 0.6) is 0 Å². The Hall–Kier alpha value is 0.230. The smallest absolute Gasteiger partial charge is 0.420 e. The molecule has 0 radical (unpaired) electrons. The third-order valence-corrected chi connectivity index (χ3v) is 1.90. The molecule has 0 aromatic rings. The molecule has 1 amide bonds. The second kappa shape index (κ2) is 4.84. The van der Waals surface area contributed by atoms with E-state index in [9.17, 15) is 4.79 Å². The number of amides is 1. The normalized spacial score (nSPS) is 12.5. The predicted molar refractivity (Wildman–Crippen MR) is 64.9 cm³/mol. The quantitative estimate of drug-likeness (QED) is 0.570. The second-order valence-corrected chi connectivity index (χ2v) is 7.72. The number of carbonyl (C=O) groups is 1. The Morgan fingerprint density at radius 3 is 2.00 bits per heavy atom. The van der Waals surface area contributed by atoms with Crippen LogP contribution in [0.3, 0.4) is 0 Å². The van der Waals surface area contributed by atoms with Crippen molar-refractivity contribution in [2.45, 2.75) is 44.5 Å². The zero-order valence-corrected chi connectivity index (χ0v) is 12.4. The van der Waals surface area contributed by atoms with Crippen LogP contribution < -0.4 is 0 Å². The van der Waals surface area contributed by atoms with Crippen molar-refractivity contribution in [3.63, 3.8) is 0 Å². The van der Waals surface area contributed by atoms with E-state index in [0.717, 1.165) is 0 Å². The van der Waals surface area contributed by atoms with E-state index < -0.39 is 5.60 Å². The van der Waals surface area contributed by atoms with Gasteiger partial charge in [0.1, 0.15) is 5.60 Å². The maximum Gasteiger partial charge on any atom is 0.420 e. The van der Waals surface area contributed by atoms with Gasteiger partial charge in [0.05, 0.1) is 22.7 Å². The number of halogens is 2. The average molecular weight is 331 g/mol. The fourth-order valence-corrected chi connectivity index (χ4v) is 1.99. The van der Waals surface area contributed by atoms with Crippen LogP contribution in [0, 0.1) is 0 Å². The van der Waals surface area contributed by atoms with Gasteiger partial charge >= 0.3 is 6.09 Å². The fourth-order valence-electron chi connectivity index (χ4n) is 0.706. The summed E-state index contributed by atoms with van der Waals surface area (Å²) in [4.78, 5) is 11.5. The van der Waals surface area contributed by atoms with Gasteiger partial charge in [-0.25, -0.2) is 8.72 Å². The van der Waals surface area contributed by atoms with Crippen molar-refractivity contribution in [3.8, 4) is 0 Å². The summed E-state index contributed by atoms with van der Waals surface area (Å²) in [6.45, 7) is 10.0. The van der Waals surface area contributed by atoms with Gasteiger partial charge < -0.3 is 4.74 Å². The molecule has 0 atom stereocenters. The Kier molecular flexibility index (Phi) is 4.91. The first-order valence-electron chi connectivity index (χ1n) is 4.36. The van der Waals surface area contributed by atoms with Crippen molar-refractivity contribution in [1.29, 1.82) is 0 Å². The minimum absolute atomic E-state index is 0.132. The first-order chi connectivity index (χ1) is 6.01. The lowest BCUT2D eigenvalue weighted by Gasteiger charge is -2.26. The molecule has 0 aliphatic carbocycles. The Labute approximate surface area is 103 Å². The molecule has 14 heavy (non-hydrogen) atoms. The molecule has 0 aliphatic heterocycles. The maximum absolute atomic E-state index is 11.5. The van der Waals surface area contributed by atoms with Gasteiger partial charge in [0.25, 0.3) is 0 Å². The van der Waals surface area contributed by atoms with E-state index >= 15 is 0 Å². The van der Waals surface area contributed by atoms with Crippen LogP contribution in [-0.2, 0) is 4.74 Å². The molecule has 0 aromatic carbocycles. The molecule has 3 nitrogen and oxygen atoms in total. The van der Waals surface area contributed by atoms with Gasteiger partial charge in [0, 0.05) is 4.32 Å². The standard InChI is InChI=1S/C9H17Br2NO2/c1-8(2,3)14-7(13)12(11)6-9(4,5)10/h6H2,1-5H3. The highest BCUT2D eigenvalue weighted by atomic mass is 79.9. The van der Waals surface area contributed by atoms with Crippen molar-refractivity contribution in [2.75, 3.05) is 6.54 Å². The van der Waals surface area contributed by atoms with Gasteiger partial charge in [0.15, 0.2) is 0 Å². The Morgan fingerprint density at radius 1 is 1.29 bits per heavy atom. The van der Waals surface area contributed by atoms with E-state index in [2.05, 4.69) is 32.1 Å². The Bertz CT molecular complexity index is 206. The molecule has 0 heterocycles. The topological polar surface area (TPSA) is 29.5 Å².